The van der Waals surface area contributed by atoms with Crippen LogP contribution in [0.5, 0.6) is 0 Å². The standard InChI is InChI=1S/C13H18BrNOS2/c14-11-5-10(7-18-11)12(15)9-1-3-16-13(6-9)2-4-17-8-13/h5,7,9,12H,1-4,6,8,15H2. The second-order valence-electron chi connectivity index (χ2n) is 5.30. The van der Waals surface area contributed by atoms with E-state index in [0.717, 1.165) is 25.2 Å². The monoisotopic (exact) mass is 347 g/mol. The summed E-state index contributed by atoms with van der Waals surface area (Å²) in [7, 11) is 0. The van der Waals surface area contributed by atoms with Crippen molar-refractivity contribution in [3.8, 4) is 0 Å². The molecule has 100 valence electrons. The summed E-state index contributed by atoms with van der Waals surface area (Å²) in [4.78, 5) is 0. The number of thiophene rings is 1. The van der Waals surface area contributed by atoms with Gasteiger partial charge in [0.25, 0.3) is 0 Å². The summed E-state index contributed by atoms with van der Waals surface area (Å²) in [5.74, 6) is 2.97. The fourth-order valence-electron chi connectivity index (χ4n) is 3.01. The molecule has 0 bridgehead atoms. The van der Waals surface area contributed by atoms with E-state index in [1.165, 1.54) is 21.5 Å². The van der Waals surface area contributed by atoms with Crippen LogP contribution in [0, 0.1) is 5.92 Å². The molecule has 0 saturated carbocycles. The molecule has 2 N–H and O–H groups in total. The molecular weight excluding hydrogens is 330 g/mol. The second-order valence-corrected chi connectivity index (χ2v) is 8.69. The number of rotatable bonds is 2. The van der Waals surface area contributed by atoms with Gasteiger partial charge in [-0.2, -0.15) is 11.8 Å². The van der Waals surface area contributed by atoms with Crippen LogP contribution in [0.3, 0.4) is 0 Å². The second kappa shape index (κ2) is 5.44. The topological polar surface area (TPSA) is 35.2 Å². The number of hydrogen-bond donors (Lipinski definition) is 1. The predicted molar refractivity (Wildman–Crippen MR) is 82.3 cm³/mol. The van der Waals surface area contributed by atoms with Gasteiger partial charge >= 0.3 is 0 Å². The fourth-order valence-corrected chi connectivity index (χ4v) is 5.61. The zero-order chi connectivity index (χ0) is 12.6. The van der Waals surface area contributed by atoms with E-state index in [4.69, 9.17) is 10.5 Å². The summed E-state index contributed by atoms with van der Waals surface area (Å²) in [6.07, 6.45) is 3.43. The van der Waals surface area contributed by atoms with E-state index in [0.29, 0.717) is 5.92 Å². The maximum absolute atomic E-state index is 6.46. The Kier molecular flexibility index (Phi) is 4.06. The summed E-state index contributed by atoms with van der Waals surface area (Å²) in [5, 5.41) is 2.18. The van der Waals surface area contributed by atoms with Crippen LogP contribution in [0.2, 0.25) is 0 Å². The number of nitrogens with two attached hydrogens (primary N) is 1. The minimum Gasteiger partial charge on any atom is -0.374 e. The zero-order valence-corrected chi connectivity index (χ0v) is 13.5. The highest BCUT2D eigenvalue weighted by atomic mass is 79.9. The van der Waals surface area contributed by atoms with E-state index < -0.39 is 0 Å². The Morgan fingerprint density at radius 2 is 2.44 bits per heavy atom. The van der Waals surface area contributed by atoms with Crippen LogP contribution in [0.1, 0.15) is 30.9 Å². The van der Waals surface area contributed by atoms with Gasteiger partial charge in [-0.1, -0.05) is 0 Å². The van der Waals surface area contributed by atoms with Gasteiger partial charge in [0.05, 0.1) is 9.39 Å². The Morgan fingerprint density at radius 1 is 1.56 bits per heavy atom. The van der Waals surface area contributed by atoms with Crippen LogP contribution < -0.4 is 5.73 Å². The van der Waals surface area contributed by atoms with E-state index >= 15 is 0 Å². The lowest BCUT2D eigenvalue weighted by Crippen LogP contribution is -2.42. The predicted octanol–water partition coefficient (Wildman–Crippen LogP) is 3.81. The van der Waals surface area contributed by atoms with Crippen molar-refractivity contribution in [2.75, 3.05) is 18.1 Å². The lowest BCUT2D eigenvalue weighted by atomic mass is 9.80. The molecule has 2 saturated heterocycles. The van der Waals surface area contributed by atoms with E-state index in [1.54, 1.807) is 11.3 Å². The first kappa shape index (κ1) is 13.4. The van der Waals surface area contributed by atoms with Gasteiger partial charge in [0.1, 0.15) is 0 Å². The van der Waals surface area contributed by atoms with Crippen molar-refractivity contribution in [3.63, 3.8) is 0 Å². The third kappa shape index (κ3) is 2.66. The van der Waals surface area contributed by atoms with Crippen LogP contribution in [0.4, 0.5) is 0 Å². The van der Waals surface area contributed by atoms with Gasteiger partial charge < -0.3 is 10.5 Å². The average molecular weight is 348 g/mol. The summed E-state index contributed by atoms with van der Waals surface area (Å²) in [6.45, 7) is 0.879. The molecule has 0 aromatic carbocycles. The Balaban J connectivity index is 1.72. The summed E-state index contributed by atoms with van der Waals surface area (Å²) in [5.41, 5.74) is 7.87. The van der Waals surface area contributed by atoms with Crippen LogP contribution in [-0.2, 0) is 4.74 Å². The molecule has 5 heteroatoms. The quantitative estimate of drug-likeness (QED) is 0.883. The van der Waals surface area contributed by atoms with Crippen molar-refractivity contribution in [3.05, 3.63) is 20.8 Å². The van der Waals surface area contributed by atoms with Crippen LogP contribution >= 0.6 is 39.0 Å². The Hall–Kier alpha value is 0.450. The van der Waals surface area contributed by atoms with Crippen molar-refractivity contribution in [1.29, 1.82) is 0 Å². The molecule has 3 rings (SSSR count). The summed E-state index contributed by atoms with van der Waals surface area (Å²) in [6, 6.07) is 2.33. The maximum atomic E-state index is 6.46. The SMILES string of the molecule is NC(c1csc(Br)c1)C1CCOC2(CCSC2)C1. The van der Waals surface area contributed by atoms with Crippen molar-refractivity contribution in [2.24, 2.45) is 11.7 Å². The molecule has 3 atom stereocenters. The van der Waals surface area contributed by atoms with Gasteiger partial charge in [0.2, 0.25) is 0 Å². The lowest BCUT2D eigenvalue weighted by Gasteiger charge is -2.39. The zero-order valence-electron chi connectivity index (χ0n) is 10.2. The molecule has 0 aliphatic carbocycles. The number of thioether (sulfide) groups is 1. The molecule has 2 aliphatic rings. The molecule has 2 fully saturated rings. The van der Waals surface area contributed by atoms with E-state index in [2.05, 4.69) is 27.4 Å². The Labute approximate surface area is 125 Å². The van der Waals surface area contributed by atoms with Crippen molar-refractivity contribution >= 4 is 39.0 Å². The van der Waals surface area contributed by atoms with Crippen molar-refractivity contribution in [2.45, 2.75) is 30.9 Å². The molecule has 1 aromatic rings. The molecule has 1 spiro atoms. The molecule has 1 aromatic heterocycles. The van der Waals surface area contributed by atoms with Crippen LogP contribution in [0.25, 0.3) is 0 Å². The Morgan fingerprint density at radius 3 is 3.11 bits per heavy atom. The van der Waals surface area contributed by atoms with E-state index in [-0.39, 0.29) is 11.6 Å². The first-order valence-corrected chi connectivity index (χ1v) is 9.22. The first-order valence-electron chi connectivity index (χ1n) is 6.40. The third-order valence-electron chi connectivity index (χ3n) is 4.08. The van der Waals surface area contributed by atoms with E-state index in [9.17, 15) is 0 Å². The molecule has 0 amide bonds. The number of hydrogen-bond acceptors (Lipinski definition) is 4. The summed E-state index contributed by atoms with van der Waals surface area (Å²) >= 11 is 7.26. The van der Waals surface area contributed by atoms with Gasteiger partial charge in [0, 0.05) is 18.4 Å². The van der Waals surface area contributed by atoms with Gasteiger partial charge in [-0.3, -0.25) is 0 Å². The molecule has 0 radical (unpaired) electrons. The molecule has 2 aliphatic heterocycles. The highest BCUT2D eigenvalue weighted by Crippen LogP contribution is 2.43. The average Bonchev–Trinajstić information content (AvgIpc) is 2.98. The van der Waals surface area contributed by atoms with Crippen molar-refractivity contribution in [1.82, 2.24) is 0 Å². The Bertz CT molecular complexity index is 417. The van der Waals surface area contributed by atoms with Crippen LogP contribution in [-0.4, -0.2) is 23.7 Å². The maximum Gasteiger partial charge on any atom is 0.0783 e. The molecule has 3 heterocycles. The molecule has 18 heavy (non-hydrogen) atoms. The van der Waals surface area contributed by atoms with Crippen molar-refractivity contribution < 1.29 is 4.74 Å². The smallest absolute Gasteiger partial charge is 0.0783 e. The molecule has 2 nitrogen and oxygen atoms in total. The normalized spacial score (nSPS) is 34.0. The summed E-state index contributed by atoms with van der Waals surface area (Å²) < 4.78 is 7.24. The van der Waals surface area contributed by atoms with Crippen LogP contribution in [0.15, 0.2) is 15.2 Å². The highest BCUT2D eigenvalue weighted by Gasteiger charge is 2.42. The molecule has 3 unspecified atom stereocenters. The minimum atomic E-state index is 0.137. The van der Waals surface area contributed by atoms with E-state index in [1.807, 2.05) is 11.8 Å². The van der Waals surface area contributed by atoms with Gasteiger partial charge in [-0.25, -0.2) is 0 Å². The number of ether oxygens (including phenoxy) is 1. The minimum absolute atomic E-state index is 0.137. The van der Waals surface area contributed by atoms with Gasteiger partial charge in [0.15, 0.2) is 0 Å². The first-order chi connectivity index (χ1) is 8.69. The fraction of sp³-hybridized carbons (Fsp3) is 0.692. The largest absolute Gasteiger partial charge is 0.374 e. The third-order valence-corrected chi connectivity index (χ3v) is 6.82. The van der Waals surface area contributed by atoms with Gasteiger partial charge in [-0.05, 0) is 63.9 Å². The highest BCUT2D eigenvalue weighted by molar-refractivity contribution is 9.11. The molecular formula is C13H18BrNOS2. The van der Waals surface area contributed by atoms with Gasteiger partial charge in [-0.15, -0.1) is 11.3 Å². The number of halogens is 1. The lowest BCUT2D eigenvalue weighted by molar-refractivity contribution is -0.0834.